The SMILES string of the molecule is CS(=O)(=O)Nc1cc(C(=O)N2CCCC2C(=O)OC(Cc2c(Cl)cncc2Cl)c2ccc(OC(F)F)c(OCC3CC3)c2)ccc1OCC1CC1. The second-order valence-electron chi connectivity index (χ2n) is 13.0. The molecule has 2 aliphatic carbocycles. The van der Waals surface area contributed by atoms with E-state index < -0.39 is 40.7 Å². The molecule has 1 aromatic heterocycles. The van der Waals surface area contributed by atoms with Gasteiger partial charge in [0, 0.05) is 30.9 Å². The van der Waals surface area contributed by atoms with Gasteiger partial charge in [-0.25, -0.2) is 13.2 Å². The van der Waals surface area contributed by atoms with E-state index in [0.29, 0.717) is 54.8 Å². The minimum atomic E-state index is -3.70. The van der Waals surface area contributed by atoms with Crippen LogP contribution >= 0.6 is 23.2 Å². The molecule has 2 heterocycles. The average molecular weight is 769 g/mol. The summed E-state index contributed by atoms with van der Waals surface area (Å²) < 4.78 is 75.7. The molecule has 0 radical (unpaired) electrons. The third kappa shape index (κ3) is 9.92. The summed E-state index contributed by atoms with van der Waals surface area (Å²) in [6.45, 7) is -2.10. The first-order chi connectivity index (χ1) is 24.3. The van der Waals surface area contributed by atoms with Crippen LogP contribution in [-0.4, -0.2) is 68.8 Å². The van der Waals surface area contributed by atoms with Gasteiger partial charge in [0.2, 0.25) is 10.0 Å². The van der Waals surface area contributed by atoms with Crippen LogP contribution in [0.5, 0.6) is 17.2 Å². The Hall–Kier alpha value is -3.88. The molecule has 6 rings (SSSR count). The van der Waals surface area contributed by atoms with Crippen molar-refractivity contribution in [2.75, 3.05) is 30.7 Å². The van der Waals surface area contributed by atoms with Gasteiger partial charge in [-0.3, -0.25) is 14.5 Å². The Morgan fingerprint density at radius 3 is 2.22 bits per heavy atom. The molecule has 2 aromatic carbocycles. The number of hydrogen-bond donors (Lipinski definition) is 1. The summed E-state index contributed by atoms with van der Waals surface area (Å²) in [6, 6.07) is 7.79. The van der Waals surface area contributed by atoms with Crippen molar-refractivity contribution in [1.82, 2.24) is 9.88 Å². The fraction of sp³-hybridized carbons (Fsp3) is 0.457. The number of nitrogens with zero attached hydrogens (tertiary/aromatic N) is 2. The summed E-state index contributed by atoms with van der Waals surface area (Å²) in [7, 11) is -3.70. The average Bonchev–Trinajstić information content (AvgIpc) is 4.02. The fourth-order valence-corrected chi connectivity index (χ4v) is 6.85. The first-order valence-corrected chi connectivity index (χ1v) is 19.2. The molecular formula is C35H37Cl2F2N3O8S. The third-order valence-corrected chi connectivity index (χ3v) is 10.0. The molecule has 1 N–H and O–H groups in total. The van der Waals surface area contributed by atoms with Crippen molar-refractivity contribution in [3.8, 4) is 17.2 Å². The number of halogens is 4. The number of likely N-dealkylation sites (tertiary alicyclic amines) is 1. The van der Waals surface area contributed by atoms with E-state index in [4.69, 9.17) is 42.1 Å². The molecular weight excluding hydrogens is 731 g/mol. The molecule has 274 valence electrons. The molecule has 11 nitrogen and oxygen atoms in total. The molecule has 3 aromatic rings. The van der Waals surface area contributed by atoms with Crippen LogP contribution in [0.25, 0.3) is 0 Å². The van der Waals surface area contributed by atoms with E-state index in [1.54, 1.807) is 0 Å². The Bertz CT molecular complexity index is 1860. The number of sulfonamides is 1. The van der Waals surface area contributed by atoms with E-state index in [2.05, 4.69) is 9.71 Å². The number of esters is 1. The number of carbonyl (C=O) groups is 2. The van der Waals surface area contributed by atoms with Gasteiger partial charge in [-0.2, -0.15) is 8.78 Å². The van der Waals surface area contributed by atoms with Gasteiger partial charge in [-0.05, 0) is 91.8 Å². The number of aromatic nitrogens is 1. The molecule has 0 bridgehead atoms. The summed E-state index contributed by atoms with van der Waals surface area (Å²) in [5.41, 5.74) is 1.11. The maximum Gasteiger partial charge on any atom is 0.387 e. The Morgan fingerprint density at radius 1 is 0.941 bits per heavy atom. The molecule has 1 amide bonds. The molecule has 3 aliphatic rings. The number of ether oxygens (including phenoxy) is 4. The Balaban J connectivity index is 1.26. The molecule has 3 fully saturated rings. The molecule has 2 unspecified atom stereocenters. The van der Waals surface area contributed by atoms with Crippen LogP contribution < -0.4 is 18.9 Å². The van der Waals surface area contributed by atoms with Crippen LogP contribution in [0, 0.1) is 11.8 Å². The van der Waals surface area contributed by atoms with Crippen molar-refractivity contribution in [3.05, 3.63) is 75.5 Å². The molecule has 2 saturated carbocycles. The lowest BCUT2D eigenvalue weighted by Crippen LogP contribution is -2.42. The normalized spacial score (nSPS) is 18.0. The lowest BCUT2D eigenvalue weighted by Gasteiger charge is -2.27. The van der Waals surface area contributed by atoms with E-state index >= 15 is 0 Å². The summed E-state index contributed by atoms with van der Waals surface area (Å²) >= 11 is 12.9. The number of alkyl halides is 2. The van der Waals surface area contributed by atoms with E-state index in [9.17, 15) is 26.8 Å². The summed E-state index contributed by atoms with van der Waals surface area (Å²) in [6.07, 6.45) is 7.58. The smallest absolute Gasteiger partial charge is 0.387 e. The number of benzene rings is 2. The van der Waals surface area contributed by atoms with Crippen molar-refractivity contribution < 1.29 is 45.7 Å². The maximum absolute atomic E-state index is 14.0. The van der Waals surface area contributed by atoms with Crippen LogP contribution in [0.3, 0.4) is 0 Å². The standard InChI is InChI=1S/C35H37Cl2F2N3O8S/c1-51(45,46)41-27-13-23(9-10-29(27)47-18-20-4-5-20)33(43)42-12-2-3-28(42)34(44)49-31(15-24-25(36)16-40-17-26(24)37)22-8-11-30(50-35(38)39)32(14-22)48-19-21-6-7-21/h8-11,13-14,16-17,20-21,28,31,35,41H,2-7,12,15,18-19H2,1H3. The molecule has 16 heteroatoms. The van der Waals surface area contributed by atoms with Crippen LogP contribution in [0.15, 0.2) is 48.8 Å². The number of amides is 1. The van der Waals surface area contributed by atoms with Crippen LogP contribution in [-0.2, 0) is 26.0 Å². The number of hydrogen-bond acceptors (Lipinski definition) is 9. The second-order valence-corrected chi connectivity index (χ2v) is 15.6. The van der Waals surface area contributed by atoms with Crippen molar-refractivity contribution in [2.24, 2.45) is 11.8 Å². The monoisotopic (exact) mass is 767 g/mol. The quantitative estimate of drug-likeness (QED) is 0.152. The summed E-state index contributed by atoms with van der Waals surface area (Å²) in [4.78, 5) is 33.2. The second kappa shape index (κ2) is 15.8. The number of pyridine rings is 1. The zero-order valence-electron chi connectivity index (χ0n) is 27.7. The number of carbonyl (C=O) groups excluding carboxylic acids is 2. The van der Waals surface area contributed by atoms with E-state index in [-0.39, 0.29) is 45.8 Å². The van der Waals surface area contributed by atoms with Crippen molar-refractivity contribution in [2.45, 2.75) is 63.7 Å². The predicted octanol–water partition coefficient (Wildman–Crippen LogP) is 7.07. The highest BCUT2D eigenvalue weighted by Gasteiger charge is 2.38. The van der Waals surface area contributed by atoms with Gasteiger partial charge in [0.15, 0.2) is 11.5 Å². The van der Waals surface area contributed by atoms with Crippen LogP contribution in [0.2, 0.25) is 10.0 Å². The summed E-state index contributed by atoms with van der Waals surface area (Å²) in [5, 5.41) is 0.458. The van der Waals surface area contributed by atoms with Crippen LogP contribution in [0.4, 0.5) is 14.5 Å². The van der Waals surface area contributed by atoms with Crippen LogP contribution in [0.1, 0.15) is 66.1 Å². The lowest BCUT2D eigenvalue weighted by atomic mass is 10.0. The molecule has 0 spiro atoms. The van der Waals surface area contributed by atoms with Gasteiger partial charge in [0.25, 0.3) is 5.91 Å². The molecule has 1 saturated heterocycles. The Morgan fingerprint density at radius 2 is 1.59 bits per heavy atom. The van der Waals surface area contributed by atoms with Crippen molar-refractivity contribution in [3.63, 3.8) is 0 Å². The van der Waals surface area contributed by atoms with Crippen molar-refractivity contribution >= 4 is 50.8 Å². The van der Waals surface area contributed by atoms with E-state index in [0.717, 1.165) is 31.9 Å². The zero-order chi connectivity index (χ0) is 36.3. The third-order valence-electron chi connectivity index (χ3n) is 8.81. The fourth-order valence-electron chi connectivity index (χ4n) is 5.77. The van der Waals surface area contributed by atoms with Gasteiger partial charge in [-0.15, -0.1) is 0 Å². The summed E-state index contributed by atoms with van der Waals surface area (Å²) in [5.74, 6) is -0.294. The first-order valence-electron chi connectivity index (χ1n) is 16.6. The number of rotatable bonds is 16. The number of nitrogens with one attached hydrogen (secondary N) is 1. The largest absolute Gasteiger partial charge is 0.491 e. The maximum atomic E-state index is 14.0. The minimum absolute atomic E-state index is 0.00739. The van der Waals surface area contributed by atoms with E-state index in [1.807, 2.05) is 0 Å². The van der Waals surface area contributed by atoms with E-state index in [1.165, 1.54) is 53.7 Å². The predicted molar refractivity (Wildman–Crippen MR) is 185 cm³/mol. The lowest BCUT2D eigenvalue weighted by molar-refractivity contribution is -0.154. The highest BCUT2D eigenvalue weighted by molar-refractivity contribution is 7.92. The van der Waals surface area contributed by atoms with Gasteiger partial charge in [0.1, 0.15) is 17.9 Å². The van der Waals surface area contributed by atoms with Gasteiger partial charge in [-0.1, -0.05) is 29.3 Å². The van der Waals surface area contributed by atoms with Gasteiger partial charge < -0.3 is 23.8 Å². The highest BCUT2D eigenvalue weighted by Crippen LogP contribution is 2.39. The topological polar surface area (TPSA) is 133 Å². The Kier molecular flexibility index (Phi) is 11.4. The minimum Gasteiger partial charge on any atom is -0.491 e. The molecule has 2 atom stereocenters. The molecule has 1 aliphatic heterocycles. The number of anilines is 1. The Labute approximate surface area is 304 Å². The van der Waals surface area contributed by atoms with Gasteiger partial charge in [0.05, 0.1) is 35.2 Å². The molecule has 51 heavy (non-hydrogen) atoms. The van der Waals surface area contributed by atoms with Crippen molar-refractivity contribution in [1.29, 1.82) is 0 Å². The van der Waals surface area contributed by atoms with Gasteiger partial charge >= 0.3 is 12.6 Å². The zero-order valence-corrected chi connectivity index (χ0v) is 30.0. The first kappa shape index (κ1) is 36.9. The highest BCUT2D eigenvalue weighted by atomic mass is 35.5.